The van der Waals surface area contributed by atoms with Gasteiger partial charge in [0.1, 0.15) is 11.5 Å². The Bertz CT molecular complexity index is 975. The highest BCUT2D eigenvalue weighted by molar-refractivity contribution is 6.07. The third-order valence-electron chi connectivity index (χ3n) is 4.17. The van der Waals surface area contributed by atoms with E-state index in [9.17, 15) is 14.9 Å². The zero-order valence-electron chi connectivity index (χ0n) is 14.7. The summed E-state index contributed by atoms with van der Waals surface area (Å²) in [6.45, 7) is 0.400. The molecule has 0 saturated heterocycles. The van der Waals surface area contributed by atoms with E-state index in [1.54, 1.807) is 48.1 Å². The van der Waals surface area contributed by atoms with Gasteiger partial charge in [-0.2, -0.15) is 0 Å². The number of ketones is 1. The van der Waals surface area contributed by atoms with Crippen LogP contribution in [0.1, 0.15) is 22.0 Å². The second-order valence-corrected chi connectivity index (χ2v) is 5.96. The summed E-state index contributed by atoms with van der Waals surface area (Å²) >= 11 is 0. The first-order valence-electron chi connectivity index (χ1n) is 7.86. The maximum Gasteiger partial charge on any atom is 0.293 e. The highest BCUT2D eigenvalue weighted by Gasteiger charge is 2.23. The lowest BCUT2D eigenvalue weighted by Gasteiger charge is -2.19. The normalized spacial score (nSPS) is 10.7. The van der Waals surface area contributed by atoms with Gasteiger partial charge < -0.3 is 14.0 Å². The van der Waals surface area contributed by atoms with Gasteiger partial charge in [0, 0.05) is 57.6 Å². The molecule has 0 aliphatic heterocycles. The van der Waals surface area contributed by atoms with Gasteiger partial charge in [-0.05, 0) is 12.1 Å². The summed E-state index contributed by atoms with van der Waals surface area (Å²) in [6, 6.07) is 4.45. The monoisotopic (exact) mass is 354 g/mol. The Hall–Kier alpha value is -3.49. The SMILES string of the molecule is CN(Cc1nccn1C)c1ccc(C(=O)c2nccn2C)cc1[N+](=O)[O-]. The fourth-order valence-corrected chi connectivity index (χ4v) is 2.69. The molecule has 0 spiro atoms. The van der Waals surface area contributed by atoms with Crippen molar-refractivity contribution in [3.05, 3.63) is 70.3 Å². The first-order valence-corrected chi connectivity index (χ1v) is 7.86. The second-order valence-electron chi connectivity index (χ2n) is 5.96. The molecule has 0 aliphatic rings. The van der Waals surface area contributed by atoms with Crippen LogP contribution in [0.5, 0.6) is 0 Å². The molecule has 2 heterocycles. The molecule has 0 saturated carbocycles. The van der Waals surface area contributed by atoms with Crippen LogP contribution in [0.3, 0.4) is 0 Å². The molecule has 0 bridgehead atoms. The lowest BCUT2D eigenvalue weighted by Crippen LogP contribution is -2.20. The quantitative estimate of drug-likeness (QED) is 0.381. The Labute approximate surface area is 149 Å². The van der Waals surface area contributed by atoms with Crippen LogP contribution in [0.4, 0.5) is 11.4 Å². The second kappa shape index (κ2) is 6.79. The number of carbonyl (C=O) groups excluding carboxylic acids is 1. The van der Waals surface area contributed by atoms with Crippen LogP contribution in [0, 0.1) is 10.1 Å². The molecule has 2 aromatic heterocycles. The minimum atomic E-state index is -0.487. The zero-order valence-corrected chi connectivity index (χ0v) is 14.7. The van der Waals surface area contributed by atoms with Crippen molar-refractivity contribution in [2.75, 3.05) is 11.9 Å². The number of hydrogen-bond donors (Lipinski definition) is 0. The van der Waals surface area contributed by atoms with E-state index in [-0.39, 0.29) is 22.9 Å². The van der Waals surface area contributed by atoms with E-state index in [4.69, 9.17) is 0 Å². The predicted octanol–water partition coefficient (Wildman–Crippen LogP) is 1.93. The molecule has 9 nitrogen and oxygen atoms in total. The van der Waals surface area contributed by atoms with Gasteiger partial charge >= 0.3 is 0 Å². The van der Waals surface area contributed by atoms with Crippen molar-refractivity contribution in [2.24, 2.45) is 14.1 Å². The molecule has 0 N–H and O–H groups in total. The van der Waals surface area contributed by atoms with E-state index in [1.165, 1.54) is 12.3 Å². The molecule has 1 aromatic carbocycles. The summed E-state index contributed by atoms with van der Waals surface area (Å²) in [4.78, 5) is 33.6. The maximum atomic E-state index is 12.6. The minimum Gasteiger partial charge on any atom is -0.362 e. The highest BCUT2D eigenvalue weighted by Crippen LogP contribution is 2.30. The van der Waals surface area contributed by atoms with Gasteiger partial charge in [-0.3, -0.25) is 14.9 Å². The highest BCUT2D eigenvalue weighted by atomic mass is 16.6. The van der Waals surface area contributed by atoms with Crippen molar-refractivity contribution in [3.63, 3.8) is 0 Å². The molecule has 3 aromatic rings. The molecule has 0 atom stereocenters. The summed E-state index contributed by atoms with van der Waals surface area (Å²) in [5.41, 5.74) is 0.497. The standard InChI is InChI=1S/C17H18N6O3/c1-20-8-6-18-15(20)11-22(3)13-5-4-12(10-14(13)23(25)26)16(24)17-19-7-9-21(17)2/h4-10H,11H2,1-3H3. The molecular formula is C17H18N6O3. The first-order chi connectivity index (χ1) is 12.4. The number of nitro groups is 1. The van der Waals surface area contributed by atoms with Crippen LogP contribution < -0.4 is 4.90 Å². The van der Waals surface area contributed by atoms with Gasteiger partial charge in [-0.15, -0.1) is 0 Å². The number of nitrogens with zero attached hydrogens (tertiary/aromatic N) is 6. The van der Waals surface area contributed by atoms with Crippen LogP contribution in [0.25, 0.3) is 0 Å². The number of benzene rings is 1. The average Bonchev–Trinajstić information content (AvgIpc) is 3.22. The van der Waals surface area contributed by atoms with Crippen LogP contribution in [0.2, 0.25) is 0 Å². The first kappa shape index (κ1) is 17.3. The lowest BCUT2D eigenvalue weighted by molar-refractivity contribution is -0.384. The van der Waals surface area contributed by atoms with Crippen LogP contribution in [-0.4, -0.2) is 36.9 Å². The fraction of sp³-hybridized carbons (Fsp3) is 0.235. The Morgan fingerprint density at radius 3 is 2.46 bits per heavy atom. The number of carbonyl (C=O) groups is 1. The smallest absolute Gasteiger partial charge is 0.293 e. The van der Waals surface area contributed by atoms with Crippen molar-refractivity contribution in [1.82, 2.24) is 19.1 Å². The van der Waals surface area contributed by atoms with Crippen molar-refractivity contribution >= 4 is 17.2 Å². The molecule has 3 rings (SSSR count). The third-order valence-corrected chi connectivity index (χ3v) is 4.17. The van der Waals surface area contributed by atoms with E-state index in [1.807, 2.05) is 17.8 Å². The zero-order chi connectivity index (χ0) is 18.8. The number of anilines is 1. The summed E-state index contributed by atoms with van der Waals surface area (Å²) in [7, 11) is 5.31. The van der Waals surface area contributed by atoms with Crippen LogP contribution in [-0.2, 0) is 20.6 Å². The molecule has 9 heteroatoms. The summed E-state index contributed by atoms with van der Waals surface area (Å²) in [5.74, 6) is 0.641. The van der Waals surface area contributed by atoms with Crippen molar-refractivity contribution in [2.45, 2.75) is 6.54 Å². The molecule has 26 heavy (non-hydrogen) atoms. The van der Waals surface area contributed by atoms with E-state index in [0.717, 1.165) is 5.82 Å². The van der Waals surface area contributed by atoms with E-state index >= 15 is 0 Å². The summed E-state index contributed by atoms with van der Waals surface area (Å²) < 4.78 is 3.43. The number of imidazole rings is 2. The minimum absolute atomic E-state index is 0.137. The van der Waals surface area contributed by atoms with Gasteiger partial charge in [-0.25, -0.2) is 9.97 Å². The Kier molecular flexibility index (Phi) is 4.53. The van der Waals surface area contributed by atoms with E-state index < -0.39 is 4.92 Å². The van der Waals surface area contributed by atoms with Gasteiger partial charge in [0.05, 0.1) is 11.5 Å². The number of nitro benzene ring substituents is 1. The van der Waals surface area contributed by atoms with Gasteiger partial charge in [-0.1, -0.05) is 0 Å². The van der Waals surface area contributed by atoms with Crippen molar-refractivity contribution < 1.29 is 9.72 Å². The molecule has 0 fully saturated rings. The topological polar surface area (TPSA) is 99.1 Å². The van der Waals surface area contributed by atoms with Crippen LogP contribution >= 0.6 is 0 Å². The number of rotatable bonds is 6. The molecule has 134 valence electrons. The maximum absolute atomic E-state index is 12.6. The molecule has 0 unspecified atom stereocenters. The van der Waals surface area contributed by atoms with Crippen LogP contribution in [0.15, 0.2) is 43.0 Å². The lowest BCUT2D eigenvalue weighted by atomic mass is 10.1. The van der Waals surface area contributed by atoms with Gasteiger partial charge in [0.15, 0.2) is 5.82 Å². The predicted molar refractivity (Wildman–Crippen MR) is 95.1 cm³/mol. The van der Waals surface area contributed by atoms with Crippen molar-refractivity contribution in [1.29, 1.82) is 0 Å². The number of aromatic nitrogens is 4. The van der Waals surface area contributed by atoms with Crippen molar-refractivity contribution in [3.8, 4) is 0 Å². The molecule has 0 amide bonds. The largest absolute Gasteiger partial charge is 0.362 e. The third kappa shape index (κ3) is 3.18. The molecule has 0 radical (unpaired) electrons. The van der Waals surface area contributed by atoms with E-state index in [2.05, 4.69) is 9.97 Å². The van der Waals surface area contributed by atoms with E-state index in [0.29, 0.717) is 12.2 Å². The Morgan fingerprint density at radius 1 is 1.19 bits per heavy atom. The Balaban J connectivity index is 1.94. The number of hydrogen-bond acceptors (Lipinski definition) is 6. The van der Waals surface area contributed by atoms with Gasteiger partial charge in [0.2, 0.25) is 5.78 Å². The fourth-order valence-electron chi connectivity index (χ4n) is 2.69. The summed E-state index contributed by atoms with van der Waals surface area (Å²) in [5, 5.41) is 11.5. The molecule has 0 aliphatic carbocycles. The number of aryl methyl sites for hydroxylation is 2. The average molecular weight is 354 g/mol. The van der Waals surface area contributed by atoms with Gasteiger partial charge in [0.25, 0.3) is 5.69 Å². The summed E-state index contributed by atoms with van der Waals surface area (Å²) in [6.07, 6.45) is 6.64. The Morgan fingerprint density at radius 2 is 1.88 bits per heavy atom. The molecular weight excluding hydrogens is 336 g/mol.